The lowest BCUT2D eigenvalue weighted by Gasteiger charge is -2.38. The Kier molecular flexibility index (Phi) is 9.01. The highest BCUT2D eigenvalue weighted by Crippen LogP contribution is 2.22. The quantitative estimate of drug-likeness (QED) is 0.708. The summed E-state index contributed by atoms with van der Waals surface area (Å²) in [5.74, 6) is 0.435. The van der Waals surface area contributed by atoms with E-state index in [4.69, 9.17) is 9.47 Å². The van der Waals surface area contributed by atoms with Gasteiger partial charge in [0.15, 0.2) is 0 Å². The third-order valence-corrected chi connectivity index (χ3v) is 5.73. The predicted molar refractivity (Wildman–Crippen MR) is 122 cm³/mol. The molecule has 2 amide bonds. The van der Waals surface area contributed by atoms with Crippen molar-refractivity contribution in [2.45, 2.75) is 78.6 Å². The molecule has 0 aliphatic carbocycles. The number of piperidine rings is 1. The van der Waals surface area contributed by atoms with Gasteiger partial charge in [0.05, 0.1) is 0 Å². The van der Waals surface area contributed by atoms with Gasteiger partial charge in [-0.3, -0.25) is 4.90 Å². The van der Waals surface area contributed by atoms with E-state index < -0.39 is 11.2 Å². The van der Waals surface area contributed by atoms with Gasteiger partial charge in [-0.15, -0.1) is 0 Å². The molecule has 0 aromatic rings. The number of amides is 2. The van der Waals surface area contributed by atoms with Crippen molar-refractivity contribution in [3.05, 3.63) is 0 Å². The molecular formula is C23H44N4O4. The molecule has 0 spiro atoms. The second-order valence-electron chi connectivity index (χ2n) is 10.9. The molecule has 2 unspecified atom stereocenters. The summed E-state index contributed by atoms with van der Waals surface area (Å²) in [5, 5.41) is 3.65. The summed E-state index contributed by atoms with van der Waals surface area (Å²) in [6.45, 7) is 20.1. The van der Waals surface area contributed by atoms with Crippen LogP contribution >= 0.6 is 0 Å². The largest absolute Gasteiger partial charge is 0.444 e. The van der Waals surface area contributed by atoms with Crippen LogP contribution in [0.3, 0.4) is 0 Å². The molecule has 2 aliphatic rings. The molecule has 0 aromatic heterocycles. The number of carbonyl (C=O) groups excluding carboxylic acids is 2. The fraction of sp³-hybridized carbons (Fsp3) is 0.913. The normalized spacial score (nSPS) is 22.2. The number of hydrogen-bond acceptors (Lipinski definition) is 6. The van der Waals surface area contributed by atoms with Crippen LogP contribution in [-0.4, -0.2) is 96.5 Å². The predicted octanol–water partition coefficient (Wildman–Crippen LogP) is 3.16. The van der Waals surface area contributed by atoms with Gasteiger partial charge >= 0.3 is 12.2 Å². The first-order valence-electron chi connectivity index (χ1n) is 11.8. The van der Waals surface area contributed by atoms with Gasteiger partial charge in [-0.1, -0.05) is 0 Å². The van der Waals surface area contributed by atoms with Crippen LogP contribution in [0.25, 0.3) is 0 Å². The van der Waals surface area contributed by atoms with E-state index in [1.165, 1.54) is 0 Å². The Morgan fingerprint density at radius 2 is 1.45 bits per heavy atom. The summed E-state index contributed by atoms with van der Waals surface area (Å²) < 4.78 is 11.0. The molecule has 0 radical (unpaired) electrons. The zero-order valence-electron chi connectivity index (χ0n) is 20.7. The summed E-state index contributed by atoms with van der Waals surface area (Å²) in [4.78, 5) is 30.6. The van der Waals surface area contributed by atoms with E-state index in [9.17, 15) is 9.59 Å². The zero-order chi connectivity index (χ0) is 23.2. The number of nitrogens with one attached hydrogen (secondary N) is 1. The van der Waals surface area contributed by atoms with Gasteiger partial charge in [-0.05, 0) is 67.2 Å². The molecule has 2 heterocycles. The fourth-order valence-electron chi connectivity index (χ4n) is 4.01. The van der Waals surface area contributed by atoms with Gasteiger partial charge < -0.3 is 24.6 Å². The molecule has 1 N–H and O–H groups in total. The molecule has 0 saturated carbocycles. The highest BCUT2D eigenvalue weighted by molar-refractivity contribution is 5.68. The molecule has 2 rings (SSSR count). The minimum absolute atomic E-state index is 0.202. The minimum Gasteiger partial charge on any atom is -0.444 e. The summed E-state index contributed by atoms with van der Waals surface area (Å²) in [5.41, 5.74) is -0.909. The molecule has 8 heteroatoms. The Labute approximate surface area is 188 Å². The summed E-state index contributed by atoms with van der Waals surface area (Å²) in [7, 11) is 0. The molecule has 0 bridgehead atoms. The molecule has 2 saturated heterocycles. The van der Waals surface area contributed by atoms with Crippen molar-refractivity contribution in [2.75, 3.05) is 52.4 Å². The van der Waals surface area contributed by atoms with E-state index in [0.717, 1.165) is 52.1 Å². The van der Waals surface area contributed by atoms with Crippen molar-refractivity contribution >= 4 is 12.2 Å². The number of nitrogens with zero attached hydrogens (tertiary/aromatic N) is 3. The zero-order valence-corrected chi connectivity index (χ0v) is 20.7. The van der Waals surface area contributed by atoms with Gasteiger partial charge in [0.2, 0.25) is 0 Å². The summed E-state index contributed by atoms with van der Waals surface area (Å²) in [6, 6.07) is 0.341. The molecule has 8 nitrogen and oxygen atoms in total. The second-order valence-corrected chi connectivity index (χ2v) is 10.9. The van der Waals surface area contributed by atoms with E-state index in [2.05, 4.69) is 17.1 Å². The van der Waals surface area contributed by atoms with Gasteiger partial charge in [-0.2, -0.15) is 0 Å². The summed E-state index contributed by atoms with van der Waals surface area (Å²) in [6.07, 6.45) is 1.72. The van der Waals surface area contributed by atoms with Gasteiger partial charge in [0.1, 0.15) is 11.2 Å². The average Bonchev–Trinajstić information content (AvgIpc) is 2.66. The van der Waals surface area contributed by atoms with E-state index in [1.807, 2.05) is 46.4 Å². The van der Waals surface area contributed by atoms with Crippen LogP contribution < -0.4 is 5.32 Å². The summed E-state index contributed by atoms with van der Waals surface area (Å²) >= 11 is 0. The van der Waals surface area contributed by atoms with Gasteiger partial charge in [0.25, 0.3) is 0 Å². The lowest BCUT2D eigenvalue weighted by Crippen LogP contribution is -2.52. The van der Waals surface area contributed by atoms with Crippen LogP contribution in [0.15, 0.2) is 0 Å². The third kappa shape index (κ3) is 9.23. The smallest absolute Gasteiger partial charge is 0.410 e. The highest BCUT2D eigenvalue weighted by Gasteiger charge is 2.30. The van der Waals surface area contributed by atoms with Gasteiger partial charge in [0, 0.05) is 58.4 Å². The molecule has 2 fully saturated rings. The minimum atomic E-state index is -0.457. The molecule has 31 heavy (non-hydrogen) atoms. The molecule has 2 aliphatic heterocycles. The Morgan fingerprint density at radius 1 is 0.903 bits per heavy atom. The first-order valence-corrected chi connectivity index (χ1v) is 11.8. The average molecular weight is 441 g/mol. The van der Waals surface area contributed by atoms with Crippen molar-refractivity contribution in [1.29, 1.82) is 0 Å². The van der Waals surface area contributed by atoms with Crippen LogP contribution in [0.2, 0.25) is 0 Å². The second kappa shape index (κ2) is 10.9. The molecular weight excluding hydrogens is 396 g/mol. The maximum absolute atomic E-state index is 12.4. The van der Waals surface area contributed by atoms with Crippen LogP contribution in [-0.2, 0) is 9.47 Å². The van der Waals surface area contributed by atoms with Crippen LogP contribution in [0.1, 0.15) is 61.3 Å². The van der Waals surface area contributed by atoms with Gasteiger partial charge in [-0.25, -0.2) is 9.59 Å². The Bertz CT molecular complexity index is 591. The third-order valence-electron chi connectivity index (χ3n) is 5.73. The van der Waals surface area contributed by atoms with Crippen LogP contribution in [0.4, 0.5) is 9.59 Å². The standard InChI is InChI=1S/C23H44N4O4/c1-18(19-9-8-11-27(17-19)21(29)31-23(5,6)7)24-10-12-25-13-15-26(16-14-25)20(28)30-22(2,3)4/h18-19,24H,8-17H2,1-7H3. The number of piperazine rings is 1. The molecule has 2 atom stereocenters. The van der Waals surface area contributed by atoms with E-state index >= 15 is 0 Å². The SMILES string of the molecule is CC(NCCN1CCN(C(=O)OC(C)(C)C)CC1)C1CCCN(C(=O)OC(C)(C)C)C1. The molecule has 180 valence electrons. The topological polar surface area (TPSA) is 74.4 Å². The van der Waals surface area contributed by atoms with Crippen molar-refractivity contribution in [2.24, 2.45) is 5.92 Å². The number of hydrogen-bond donors (Lipinski definition) is 1. The van der Waals surface area contributed by atoms with Crippen molar-refractivity contribution in [1.82, 2.24) is 20.0 Å². The van der Waals surface area contributed by atoms with E-state index in [-0.39, 0.29) is 12.2 Å². The van der Waals surface area contributed by atoms with Crippen molar-refractivity contribution in [3.63, 3.8) is 0 Å². The maximum Gasteiger partial charge on any atom is 0.410 e. The van der Waals surface area contributed by atoms with Crippen LogP contribution in [0, 0.1) is 5.92 Å². The Hall–Kier alpha value is -1.54. The monoisotopic (exact) mass is 440 g/mol. The number of ether oxygens (including phenoxy) is 2. The number of likely N-dealkylation sites (tertiary alicyclic amines) is 1. The maximum atomic E-state index is 12.4. The first-order chi connectivity index (χ1) is 14.3. The lowest BCUT2D eigenvalue weighted by atomic mass is 9.92. The molecule has 0 aromatic carbocycles. The van der Waals surface area contributed by atoms with E-state index in [0.29, 0.717) is 25.0 Å². The van der Waals surface area contributed by atoms with Crippen molar-refractivity contribution in [3.8, 4) is 0 Å². The van der Waals surface area contributed by atoms with Crippen molar-refractivity contribution < 1.29 is 19.1 Å². The Morgan fingerprint density at radius 3 is 2.00 bits per heavy atom. The fourth-order valence-corrected chi connectivity index (χ4v) is 4.01. The van der Waals surface area contributed by atoms with E-state index in [1.54, 1.807) is 4.90 Å². The number of rotatable bonds is 5. The first kappa shape index (κ1) is 25.7. The lowest BCUT2D eigenvalue weighted by molar-refractivity contribution is 0.0144. The Balaban J connectivity index is 1.67. The van der Waals surface area contributed by atoms with Crippen LogP contribution in [0.5, 0.6) is 0 Å². The highest BCUT2D eigenvalue weighted by atomic mass is 16.6. The number of carbonyl (C=O) groups is 2.